The van der Waals surface area contributed by atoms with Crippen LogP contribution in [0.1, 0.15) is 39.0 Å². The maximum Gasteiger partial charge on any atom is 0.312 e. The zero-order chi connectivity index (χ0) is 15.9. The highest BCUT2D eigenvalue weighted by Gasteiger charge is 2.33. The number of carbonyl (C=O) groups is 2. The largest absolute Gasteiger partial charge is 0.352 e. The molecule has 1 aromatic heterocycles. The third-order valence-corrected chi connectivity index (χ3v) is 4.08. The summed E-state index contributed by atoms with van der Waals surface area (Å²) in [5.41, 5.74) is 5.21. The van der Waals surface area contributed by atoms with Crippen LogP contribution in [0.3, 0.4) is 0 Å². The maximum absolute atomic E-state index is 12.8. The number of aromatic nitrogens is 2. The molecule has 0 unspecified atom stereocenters. The number of nitrogens with two attached hydrogens (primary N) is 1. The number of urea groups is 1. The van der Waals surface area contributed by atoms with Crippen molar-refractivity contribution in [2.45, 2.75) is 57.7 Å². The van der Waals surface area contributed by atoms with E-state index in [1.54, 1.807) is 6.20 Å². The van der Waals surface area contributed by atoms with Crippen LogP contribution >= 0.6 is 0 Å². The van der Waals surface area contributed by atoms with Crippen molar-refractivity contribution in [1.82, 2.24) is 20.0 Å². The normalized spacial score (nSPS) is 19.1. The molecule has 0 saturated carbocycles. The van der Waals surface area contributed by atoms with Crippen molar-refractivity contribution in [3.8, 4) is 0 Å². The predicted molar refractivity (Wildman–Crippen MR) is 83.0 cm³/mol. The second-order valence-corrected chi connectivity index (χ2v) is 5.76. The van der Waals surface area contributed by atoms with Crippen molar-refractivity contribution < 1.29 is 9.59 Å². The highest BCUT2D eigenvalue weighted by atomic mass is 16.2. The molecule has 0 aliphatic carbocycles. The van der Waals surface area contributed by atoms with Crippen LogP contribution in [0, 0.1) is 0 Å². The molecule has 1 aliphatic rings. The number of nitrogens with one attached hydrogen (secondary N) is 1. The minimum atomic E-state index is -0.641. The molecule has 1 fully saturated rings. The van der Waals surface area contributed by atoms with Gasteiger partial charge in [0.25, 0.3) is 0 Å². The third kappa shape index (κ3) is 4.22. The smallest absolute Gasteiger partial charge is 0.312 e. The van der Waals surface area contributed by atoms with Crippen LogP contribution in [0.25, 0.3) is 0 Å². The van der Waals surface area contributed by atoms with Crippen LogP contribution in [0.4, 0.5) is 4.79 Å². The molecule has 1 aromatic rings. The molecule has 7 nitrogen and oxygen atoms in total. The van der Waals surface area contributed by atoms with E-state index in [0.29, 0.717) is 13.0 Å². The molecule has 2 heterocycles. The van der Waals surface area contributed by atoms with Crippen LogP contribution in [0.5, 0.6) is 0 Å². The van der Waals surface area contributed by atoms with E-state index in [1.165, 1.54) is 0 Å². The summed E-state index contributed by atoms with van der Waals surface area (Å²) in [6, 6.07) is 0.846. The predicted octanol–water partition coefficient (Wildman–Crippen LogP) is 1.10. The number of nitrogens with zero attached hydrogens (tertiary/aromatic N) is 3. The Labute approximate surface area is 130 Å². The molecule has 3 N–H and O–H groups in total. The molecule has 0 spiro atoms. The van der Waals surface area contributed by atoms with E-state index in [2.05, 4.69) is 17.3 Å². The molecular weight excluding hydrogens is 282 g/mol. The van der Waals surface area contributed by atoms with Gasteiger partial charge in [0.1, 0.15) is 6.04 Å². The Morgan fingerprint density at radius 1 is 1.50 bits per heavy atom. The van der Waals surface area contributed by atoms with E-state index >= 15 is 0 Å². The summed E-state index contributed by atoms with van der Waals surface area (Å²) in [5, 5.41) is 6.80. The molecule has 1 aliphatic heterocycles. The van der Waals surface area contributed by atoms with Gasteiger partial charge in [-0.2, -0.15) is 5.10 Å². The summed E-state index contributed by atoms with van der Waals surface area (Å²) in [4.78, 5) is 25.8. The van der Waals surface area contributed by atoms with Crippen LogP contribution in [-0.2, 0) is 11.3 Å². The second-order valence-electron chi connectivity index (χ2n) is 5.76. The second kappa shape index (κ2) is 7.82. The lowest BCUT2D eigenvalue weighted by Gasteiger charge is -2.29. The highest BCUT2D eigenvalue weighted by molar-refractivity contribution is 5.86. The summed E-state index contributed by atoms with van der Waals surface area (Å²) in [5.74, 6) is -0.0260. The molecule has 1 saturated heterocycles. The van der Waals surface area contributed by atoms with E-state index in [9.17, 15) is 9.59 Å². The summed E-state index contributed by atoms with van der Waals surface area (Å²) in [6.07, 6.45) is 8.06. The van der Waals surface area contributed by atoms with E-state index in [1.807, 2.05) is 21.8 Å². The molecule has 0 aromatic carbocycles. The van der Waals surface area contributed by atoms with Gasteiger partial charge in [0.05, 0.1) is 12.6 Å². The van der Waals surface area contributed by atoms with Crippen LogP contribution in [0.15, 0.2) is 18.5 Å². The van der Waals surface area contributed by atoms with Crippen molar-refractivity contribution in [2.24, 2.45) is 5.73 Å². The summed E-state index contributed by atoms with van der Waals surface area (Å²) < 4.78 is 1.85. The Kier molecular flexibility index (Phi) is 5.80. The highest BCUT2D eigenvalue weighted by Crippen LogP contribution is 2.20. The molecular formula is C15H25N5O2. The SMILES string of the molecule is CCCC[C@@H](NC(N)=O)C(=O)N1CCC[C@H]1Cn1cccn1. The molecule has 3 amide bonds. The molecule has 2 rings (SSSR count). The van der Waals surface area contributed by atoms with Gasteiger partial charge in [-0.3, -0.25) is 9.48 Å². The maximum atomic E-state index is 12.8. The molecule has 0 bridgehead atoms. The average Bonchev–Trinajstić information content (AvgIpc) is 3.14. The van der Waals surface area contributed by atoms with E-state index in [-0.39, 0.29) is 11.9 Å². The Morgan fingerprint density at radius 2 is 2.32 bits per heavy atom. The molecule has 122 valence electrons. The number of likely N-dealkylation sites (tertiary alicyclic amines) is 1. The summed E-state index contributed by atoms with van der Waals surface area (Å²) >= 11 is 0. The first kappa shape index (κ1) is 16.3. The number of rotatable bonds is 7. The van der Waals surface area contributed by atoms with E-state index in [0.717, 1.165) is 32.2 Å². The van der Waals surface area contributed by atoms with Crippen molar-refractivity contribution >= 4 is 11.9 Å². The quantitative estimate of drug-likeness (QED) is 0.790. The van der Waals surface area contributed by atoms with E-state index < -0.39 is 12.1 Å². The van der Waals surface area contributed by atoms with Crippen molar-refractivity contribution in [3.63, 3.8) is 0 Å². The van der Waals surface area contributed by atoms with Crippen LogP contribution in [-0.4, -0.2) is 45.2 Å². The average molecular weight is 307 g/mol. The van der Waals surface area contributed by atoms with Gasteiger partial charge in [0.15, 0.2) is 0 Å². The first-order chi connectivity index (χ1) is 10.6. The fourth-order valence-corrected chi connectivity index (χ4v) is 2.98. The van der Waals surface area contributed by atoms with Gasteiger partial charge in [0.2, 0.25) is 5.91 Å². The topological polar surface area (TPSA) is 93.2 Å². The Bertz CT molecular complexity index is 488. The number of primary amides is 1. The minimum absolute atomic E-state index is 0.0260. The van der Waals surface area contributed by atoms with Gasteiger partial charge in [0, 0.05) is 18.9 Å². The fourth-order valence-electron chi connectivity index (χ4n) is 2.98. The monoisotopic (exact) mass is 307 g/mol. The molecule has 2 atom stereocenters. The molecule has 0 radical (unpaired) electrons. The zero-order valence-electron chi connectivity index (χ0n) is 13.1. The molecule has 7 heteroatoms. The van der Waals surface area contributed by atoms with Gasteiger partial charge < -0.3 is 16.0 Å². The zero-order valence-corrected chi connectivity index (χ0v) is 13.1. The number of amides is 3. The standard InChI is InChI=1S/C15H25N5O2/c1-2-3-7-13(18-15(16)22)14(21)20-10-4-6-12(20)11-19-9-5-8-17-19/h5,8-9,12-13H,2-4,6-7,10-11H2,1H3,(H3,16,18,22)/t12-,13+/m0/s1. The van der Waals surface area contributed by atoms with Crippen LogP contribution < -0.4 is 11.1 Å². The number of carbonyl (C=O) groups excluding carboxylic acids is 2. The van der Waals surface area contributed by atoms with Crippen molar-refractivity contribution in [3.05, 3.63) is 18.5 Å². The van der Waals surface area contributed by atoms with Gasteiger partial charge in [-0.1, -0.05) is 19.8 Å². The fraction of sp³-hybridized carbons (Fsp3) is 0.667. The van der Waals surface area contributed by atoms with Crippen molar-refractivity contribution in [1.29, 1.82) is 0 Å². The number of unbranched alkanes of at least 4 members (excludes halogenated alkanes) is 1. The summed E-state index contributed by atoms with van der Waals surface area (Å²) in [7, 11) is 0. The third-order valence-electron chi connectivity index (χ3n) is 4.08. The first-order valence-corrected chi connectivity index (χ1v) is 7.95. The Hall–Kier alpha value is -2.05. The summed E-state index contributed by atoms with van der Waals surface area (Å²) in [6.45, 7) is 3.48. The lowest BCUT2D eigenvalue weighted by Crippen LogP contribution is -2.52. The van der Waals surface area contributed by atoms with Crippen molar-refractivity contribution in [2.75, 3.05) is 6.54 Å². The minimum Gasteiger partial charge on any atom is -0.352 e. The van der Waals surface area contributed by atoms with Gasteiger partial charge in [-0.15, -0.1) is 0 Å². The van der Waals surface area contributed by atoms with E-state index in [4.69, 9.17) is 5.73 Å². The lowest BCUT2D eigenvalue weighted by molar-refractivity contribution is -0.134. The van der Waals surface area contributed by atoms with Crippen LogP contribution in [0.2, 0.25) is 0 Å². The van der Waals surface area contributed by atoms with Gasteiger partial charge in [-0.25, -0.2) is 4.79 Å². The number of hydrogen-bond acceptors (Lipinski definition) is 3. The Morgan fingerprint density at radius 3 is 2.95 bits per heavy atom. The van der Waals surface area contributed by atoms with Gasteiger partial charge in [-0.05, 0) is 25.3 Å². The first-order valence-electron chi connectivity index (χ1n) is 7.95. The molecule has 22 heavy (non-hydrogen) atoms. The number of hydrogen-bond donors (Lipinski definition) is 2. The lowest BCUT2D eigenvalue weighted by atomic mass is 10.1. The van der Waals surface area contributed by atoms with Gasteiger partial charge >= 0.3 is 6.03 Å². The Balaban J connectivity index is 2.01.